The topological polar surface area (TPSA) is 124 Å². The molecule has 3 aromatic carbocycles. The van der Waals surface area contributed by atoms with Gasteiger partial charge in [0, 0.05) is 28.4 Å². The van der Waals surface area contributed by atoms with Crippen LogP contribution in [0, 0.1) is 11.3 Å². The Labute approximate surface area is 188 Å². The van der Waals surface area contributed by atoms with Gasteiger partial charge in [-0.15, -0.1) is 0 Å². The van der Waals surface area contributed by atoms with E-state index < -0.39 is 5.91 Å². The average molecular weight is 449 g/mol. The molecule has 0 spiro atoms. The van der Waals surface area contributed by atoms with Crippen LogP contribution in [0.5, 0.6) is 11.5 Å². The normalized spacial score (nSPS) is 10.4. The fraction of sp³-hybridized carbons (Fsp3) is 0.0435. The number of hydrazone groups is 1. The van der Waals surface area contributed by atoms with Gasteiger partial charge in [-0.05, 0) is 48.5 Å². The number of carbonyl (C=O) groups is 2. The number of carbonyl (C=O) groups excluding carboxylic acids is 2. The van der Waals surface area contributed by atoms with E-state index in [9.17, 15) is 14.7 Å². The van der Waals surface area contributed by atoms with Crippen LogP contribution < -0.4 is 15.5 Å². The predicted molar refractivity (Wildman–Crippen MR) is 120 cm³/mol. The number of amides is 2. The number of phenolic OH excluding ortho intramolecular Hbond substituents is 1. The maximum absolute atomic E-state index is 12.4. The van der Waals surface area contributed by atoms with Crippen LogP contribution >= 0.6 is 11.6 Å². The molecule has 0 bridgehead atoms. The average Bonchev–Trinajstić information content (AvgIpc) is 2.81. The molecule has 0 unspecified atom stereocenters. The Kier molecular flexibility index (Phi) is 7.06. The van der Waals surface area contributed by atoms with E-state index in [4.69, 9.17) is 21.6 Å². The molecule has 0 atom stereocenters. The zero-order valence-corrected chi connectivity index (χ0v) is 17.6. The number of nitriles is 1. The van der Waals surface area contributed by atoms with Crippen molar-refractivity contribution in [2.45, 2.75) is 0 Å². The number of phenols is 1. The molecule has 0 fully saturated rings. The summed E-state index contributed by atoms with van der Waals surface area (Å²) in [6.07, 6.45) is 1.39. The number of rotatable bonds is 6. The molecule has 32 heavy (non-hydrogen) atoms. The fourth-order valence-corrected chi connectivity index (χ4v) is 2.88. The summed E-state index contributed by atoms with van der Waals surface area (Å²) in [6, 6.07) is 17.3. The van der Waals surface area contributed by atoms with E-state index in [1.807, 2.05) is 6.07 Å². The molecule has 0 aliphatic carbocycles. The molecule has 9 heteroatoms. The van der Waals surface area contributed by atoms with Crippen LogP contribution in [0.1, 0.15) is 31.8 Å². The number of halogens is 1. The Balaban J connectivity index is 1.69. The minimum Gasteiger partial charge on any atom is -0.506 e. The standard InChI is InChI=1S/C23H17ClN4O4/c1-32-21-11-18(27-22(30)15-4-2-3-14(9-15)12-25)7-5-17(21)13-26-28-23(31)16-6-8-20(29)19(24)10-16/h2-11,13,29H,1H3,(H,27,30)(H,28,31). The first kappa shape index (κ1) is 22.3. The molecular formula is C23H17ClN4O4. The van der Waals surface area contributed by atoms with Gasteiger partial charge in [-0.25, -0.2) is 5.43 Å². The van der Waals surface area contributed by atoms with E-state index >= 15 is 0 Å². The zero-order chi connectivity index (χ0) is 23.1. The molecule has 8 nitrogen and oxygen atoms in total. The second kappa shape index (κ2) is 10.1. The highest BCUT2D eigenvalue weighted by molar-refractivity contribution is 6.32. The van der Waals surface area contributed by atoms with Crippen LogP contribution in [0.4, 0.5) is 5.69 Å². The van der Waals surface area contributed by atoms with E-state index in [1.54, 1.807) is 36.4 Å². The zero-order valence-electron chi connectivity index (χ0n) is 16.8. The lowest BCUT2D eigenvalue weighted by Gasteiger charge is -2.10. The Morgan fingerprint density at radius 2 is 1.88 bits per heavy atom. The summed E-state index contributed by atoms with van der Waals surface area (Å²) >= 11 is 5.80. The van der Waals surface area contributed by atoms with Crippen molar-refractivity contribution in [1.29, 1.82) is 5.26 Å². The van der Waals surface area contributed by atoms with Gasteiger partial charge in [0.15, 0.2) is 0 Å². The second-order valence-corrected chi connectivity index (χ2v) is 6.88. The molecule has 0 aliphatic heterocycles. The Morgan fingerprint density at radius 1 is 1.09 bits per heavy atom. The third-order valence-electron chi connectivity index (χ3n) is 4.32. The molecule has 3 rings (SSSR count). The van der Waals surface area contributed by atoms with Crippen molar-refractivity contribution in [1.82, 2.24) is 5.43 Å². The number of ether oxygens (including phenoxy) is 1. The lowest BCUT2D eigenvalue weighted by atomic mass is 10.1. The Hall–Kier alpha value is -4.35. The van der Waals surface area contributed by atoms with E-state index in [-0.39, 0.29) is 22.2 Å². The lowest BCUT2D eigenvalue weighted by molar-refractivity contribution is 0.0954. The highest BCUT2D eigenvalue weighted by atomic mass is 35.5. The van der Waals surface area contributed by atoms with Crippen molar-refractivity contribution in [2.24, 2.45) is 5.10 Å². The van der Waals surface area contributed by atoms with Gasteiger partial charge in [0.25, 0.3) is 11.8 Å². The fourth-order valence-electron chi connectivity index (χ4n) is 2.70. The number of hydrogen-bond donors (Lipinski definition) is 3. The van der Waals surface area contributed by atoms with E-state index in [2.05, 4.69) is 15.8 Å². The van der Waals surface area contributed by atoms with Gasteiger partial charge in [0.1, 0.15) is 11.5 Å². The maximum atomic E-state index is 12.4. The molecule has 0 radical (unpaired) electrons. The van der Waals surface area contributed by atoms with E-state index in [0.717, 1.165) is 0 Å². The number of methoxy groups -OCH3 is 1. The smallest absolute Gasteiger partial charge is 0.271 e. The number of nitrogens with one attached hydrogen (secondary N) is 2. The van der Waals surface area contributed by atoms with Crippen LogP contribution in [0.15, 0.2) is 65.8 Å². The number of benzene rings is 3. The quantitative estimate of drug-likeness (QED) is 0.389. The Morgan fingerprint density at radius 3 is 2.59 bits per heavy atom. The molecule has 3 N–H and O–H groups in total. The van der Waals surface area contributed by atoms with Crippen LogP contribution in [-0.2, 0) is 0 Å². The second-order valence-electron chi connectivity index (χ2n) is 6.47. The van der Waals surface area contributed by atoms with Gasteiger partial charge in [0.2, 0.25) is 0 Å². The summed E-state index contributed by atoms with van der Waals surface area (Å²) in [6.45, 7) is 0. The molecule has 3 aromatic rings. The molecule has 160 valence electrons. The van der Waals surface area contributed by atoms with Crippen LogP contribution in [0.3, 0.4) is 0 Å². The van der Waals surface area contributed by atoms with Crippen LogP contribution in [0.25, 0.3) is 0 Å². The highest BCUT2D eigenvalue weighted by Gasteiger charge is 2.10. The van der Waals surface area contributed by atoms with Crippen molar-refractivity contribution in [3.63, 3.8) is 0 Å². The van der Waals surface area contributed by atoms with Gasteiger partial charge in [-0.3, -0.25) is 9.59 Å². The molecular weight excluding hydrogens is 432 g/mol. The minimum absolute atomic E-state index is 0.0558. The predicted octanol–water partition coefficient (Wildman–Crippen LogP) is 3.94. The minimum atomic E-state index is -0.509. The number of aromatic hydroxyl groups is 1. The number of nitrogens with zero attached hydrogens (tertiary/aromatic N) is 2. The first-order valence-corrected chi connectivity index (χ1v) is 9.60. The van der Waals surface area contributed by atoms with Gasteiger partial charge in [0.05, 0.1) is 30.0 Å². The SMILES string of the molecule is COc1cc(NC(=O)c2cccc(C#N)c2)ccc1C=NNC(=O)c1ccc(O)c(Cl)c1. The monoisotopic (exact) mass is 448 g/mol. The largest absolute Gasteiger partial charge is 0.506 e. The van der Waals surface area contributed by atoms with Crippen molar-refractivity contribution in [3.05, 3.63) is 87.9 Å². The summed E-state index contributed by atoms with van der Waals surface area (Å²) in [5.41, 5.74) is 4.37. The van der Waals surface area contributed by atoms with Crippen molar-refractivity contribution in [3.8, 4) is 17.6 Å². The number of hydrogen-bond acceptors (Lipinski definition) is 6. The summed E-state index contributed by atoms with van der Waals surface area (Å²) in [4.78, 5) is 24.6. The van der Waals surface area contributed by atoms with Gasteiger partial charge < -0.3 is 15.2 Å². The maximum Gasteiger partial charge on any atom is 0.271 e. The van der Waals surface area contributed by atoms with Gasteiger partial charge >= 0.3 is 0 Å². The summed E-state index contributed by atoms with van der Waals surface area (Å²) in [7, 11) is 1.46. The molecule has 0 heterocycles. The first-order chi connectivity index (χ1) is 15.4. The van der Waals surface area contributed by atoms with Crippen molar-refractivity contribution in [2.75, 3.05) is 12.4 Å². The third-order valence-corrected chi connectivity index (χ3v) is 4.63. The molecule has 0 aliphatic rings. The summed E-state index contributed by atoms with van der Waals surface area (Å²) < 4.78 is 5.34. The van der Waals surface area contributed by atoms with Crippen LogP contribution in [-0.4, -0.2) is 30.2 Å². The molecule has 0 aromatic heterocycles. The van der Waals surface area contributed by atoms with Crippen molar-refractivity contribution < 1.29 is 19.4 Å². The summed E-state index contributed by atoms with van der Waals surface area (Å²) in [5.74, 6) is -0.586. The summed E-state index contributed by atoms with van der Waals surface area (Å²) in [5, 5.41) is 25.1. The third kappa shape index (κ3) is 5.41. The molecule has 0 saturated heterocycles. The van der Waals surface area contributed by atoms with Crippen LogP contribution in [0.2, 0.25) is 5.02 Å². The van der Waals surface area contributed by atoms with E-state index in [1.165, 1.54) is 37.6 Å². The number of anilines is 1. The molecule has 0 saturated carbocycles. The Bertz CT molecular complexity index is 1250. The highest BCUT2D eigenvalue weighted by Crippen LogP contribution is 2.24. The van der Waals surface area contributed by atoms with Gasteiger partial charge in [-0.2, -0.15) is 10.4 Å². The van der Waals surface area contributed by atoms with Crippen molar-refractivity contribution >= 4 is 35.3 Å². The first-order valence-electron chi connectivity index (χ1n) is 9.22. The molecule has 2 amide bonds. The van der Waals surface area contributed by atoms with E-state index in [0.29, 0.717) is 28.1 Å². The van der Waals surface area contributed by atoms with Gasteiger partial charge in [-0.1, -0.05) is 17.7 Å². The lowest BCUT2D eigenvalue weighted by Crippen LogP contribution is -2.17.